The van der Waals surface area contributed by atoms with Gasteiger partial charge in [0.1, 0.15) is 0 Å². The molecule has 5 nitrogen and oxygen atoms in total. The minimum atomic E-state index is -1.35. The van der Waals surface area contributed by atoms with Crippen molar-refractivity contribution in [2.24, 2.45) is 0 Å². The molecule has 0 aromatic rings. The van der Waals surface area contributed by atoms with Gasteiger partial charge in [0.05, 0.1) is 6.61 Å². The van der Waals surface area contributed by atoms with Gasteiger partial charge in [-0.25, -0.2) is 5.43 Å². The first kappa shape index (κ1) is 13.4. The Morgan fingerprint density at radius 3 is 2.50 bits per heavy atom. The predicted molar refractivity (Wildman–Crippen MR) is 53.4 cm³/mol. The maximum atomic E-state index is 11.0. The molecule has 0 aliphatic rings. The van der Waals surface area contributed by atoms with Crippen molar-refractivity contribution in [2.45, 2.75) is 45.3 Å². The van der Waals surface area contributed by atoms with Crippen LogP contribution < -0.4 is 10.9 Å². The number of hydrazine groups is 1. The number of carbonyl (C=O) groups excluding carboxylic acids is 1. The highest BCUT2D eigenvalue weighted by Gasteiger charge is 2.14. The second-order valence-electron chi connectivity index (χ2n) is 3.23. The molecule has 0 bridgehead atoms. The van der Waals surface area contributed by atoms with E-state index in [0.717, 1.165) is 19.3 Å². The van der Waals surface area contributed by atoms with Gasteiger partial charge in [0, 0.05) is 6.04 Å². The molecule has 0 saturated heterocycles. The van der Waals surface area contributed by atoms with Crippen LogP contribution in [0.25, 0.3) is 0 Å². The van der Waals surface area contributed by atoms with E-state index in [1.54, 1.807) is 0 Å². The molecule has 0 aliphatic heterocycles. The number of nitrogens with one attached hydrogen (secondary N) is 2. The van der Waals surface area contributed by atoms with Crippen molar-refractivity contribution < 1.29 is 15.0 Å². The molecule has 0 aromatic carbocycles. The van der Waals surface area contributed by atoms with Gasteiger partial charge in [-0.05, 0) is 12.8 Å². The molecule has 2 atom stereocenters. The van der Waals surface area contributed by atoms with Crippen molar-refractivity contribution in [3.63, 3.8) is 0 Å². The summed E-state index contributed by atoms with van der Waals surface area (Å²) < 4.78 is 0. The molecule has 4 N–H and O–H groups in total. The van der Waals surface area contributed by atoms with Crippen LogP contribution in [0, 0.1) is 0 Å². The lowest BCUT2D eigenvalue weighted by molar-refractivity contribution is -0.132. The fraction of sp³-hybridized carbons (Fsp3) is 0.889. The summed E-state index contributed by atoms with van der Waals surface area (Å²) in [5, 5.41) is 17.4. The van der Waals surface area contributed by atoms with E-state index in [1.165, 1.54) is 0 Å². The molecule has 0 saturated carbocycles. The highest BCUT2D eigenvalue weighted by Crippen LogP contribution is 1.99. The Balaban J connectivity index is 3.73. The SMILES string of the molecule is CCCC(CC)NNC(=O)[C@H](O)CO. The third kappa shape index (κ3) is 5.16. The summed E-state index contributed by atoms with van der Waals surface area (Å²) in [4.78, 5) is 11.0. The molecule has 84 valence electrons. The van der Waals surface area contributed by atoms with E-state index in [4.69, 9.17) is 10.2 Å². The van der Waals surface area contributed by atoms with E-state index in [-0.39, 0.29) is 6.04 Å². The molecular weight excluding hydrogens is 184 g/mol. The van der Waals surface area contributed by atoms with Gasteiger partial charge < -0.3 is 10.2 Å². The van der Waals surface area contributed by atoms with Crippen LogP contribution in [0.1, 0.15) is 33.1 Å². The lowest BCUT2D eigenvalue weighted by Crippen LogP contribution is -2.49. The van der Waals surface area contributed by atoms with Crippen molar-refractivity contribution >= 4 is 5.91 Å². The molecule has 0 spiro atoms. The Hall–Kier alpha value is -0.650. The first-order chi connectivity index (χ1) is 6.65. The van der Waals surface area contributed by atoms with E-state index in [9.17, 15) is 4.79 Å². The zero-order chi connectivity index (χ0) is 11.0. The van der Waals surface area contributed by atoms with Gasteiger partial charge in [0.2, 0.25) is 0 Å². The summed E-state index contributed by atoms with van der Waals surface area (Å²) in [6, 6.07) is 0.217. The second-order valence-corrected chi connectivity index (χ2v) is 3.23. The summed E-state index contributed by atoms with van der Waals surface area (Å²) in [5.41, 5.74) is 5.18. The number of rotatable bonds is 7. The summed E-state index contributed by atoms with van der Waals surface area (Å²) >= 11 is 0. The van der Waals surface area contributed by atoms with Crippen LogP contribution in [0.2, 0.25) is 0 Å². The van der Waals surface area contributed by atoms with Gasteiger partial charge >= 0.3 is 0 Å². The smallest absolute Gasteiger partial charge is 0.265 e. The van der Waals surface area contributed by atoms with Crippen molar-refractivity contribution in [3.05, 3.63) is 0 Å². The Bertz CT molecular complexity index is 164. The first-order valence-corrected chi connectivity index (χ1v) is 4.99. The standard InChI is InChI=1S/C9H20N2O3/c1-3-5-7(4-2)10-11-9(14)8(13)6-12/h7-8,10,12-13H,3-6H2,1-2H3,(H,11,14)/t7?,8-/m1/s1. The third-order valence-corrected chi connectivity index (χ3v) is 2.01. The zero-order valence-corrected chi connectivity index (χ0v) is 8.79. The second kappa shape index (κ2) is 7.73. The molecule has 0 aliphatic carbocycles. The van der Waals surface area contributed by atoms with Crippen LogP contribution in [0.4, 0.5) is 0 Å². The molecule has 14 heavy (non-hydrogen) atoms. The number of hydrogen-bond donors (Lipinski definition) is 4. The quantitative estimate of drug-likeness (QED) is 0.423. The number of carbonyl (C=O) groups is 1. The molecule has 0 rings (SSSR count). The topological polar surface area (TPSA) is 81.6 Å². The average molecular weight is 204 g/mol. The summed E-state index contributed by atoms with van der Waals surface area (Å²) in [5.74, 6) is -0.595. The molecule has 1 amide bonds. The number of hydrogen-bond acceptors (Lipinski definition) is 4. The lowest BCUT2D eigenvalue weighted by atomic mass is 10.1. The van der Waals surface area contributed by atoms with E-state index >= 15 is 0 Å². The van der Waals surface area contributed by atoms with E-state index in [1.807, 2.05) is 6.92 Å². The minimum Gasteiger partial charge on any atom is -0.393 e. The highest BCUT2D eigenvalue weighted by molar-refractivity contribution is 5.80. The summed E-state index contributed by atoms with van der Waals surface area (Å²) in [6.45, 7) is 3.52. The first-order valence-electron chi connectivity index (χ1n) is 4.99. The van der Waals surface area contributed by atoms with Crippen LogP contribution in [0.3, 0.4) is 0 Å². The fourth-order valence-electron chi connectivity index (χ4n) is 1.07. The maximum absolute atomic E-state index is 11.0. The lowest BCUT2D eigenvalue weighted by Gasteiger charge is -2.17. The number of aliphatic hydroxyl groups excluding tert-OH is 2. The molecule has 5 heteroatoms. The van der Waals surface area contributed by atoms with Crippen LogP contribution in [-0.4, -0.2) is 34.9 Å². The van der Waals surface area contributed by atoms with Crippen LogP contribution >= 0.6 is 0 Å². The largest absolute Gasteiger partial charge is 0.393 e. The van der Waals surface area contributed by atoms with E-state index in [0.29, 0.717) is 0 Å². The van der Waals surface area contributed by atoms with Gasteiger partial charge in [0.25, 0.3) is 5.91 Å². The normalized spacial score (nSPS) is 14.9. The Morgan fingerprint density at radius 1 is 1.43 bits per heavy atom. The van der Waals surface area contributed by atoms with Gasteiger partial charge in [-0.1, -0.05) is 20.3 Å². The van der Waals surface area contributed by atoms with Gasteiger partial charge in [-0.15, -0.1) is 0 Å². The van der Waals surface area contributed by atoms with E-state index < -0.39 is 18.6 Å². The monoisotopic (exact) mass is 204 g/mol. The van der Waals surface area contributed by atoms with Crippen molar-refractivity contribution in [1.82, 2.24) is 10.9 Å². The van der Waals surface area contributed by atoms with Gasteiger partial charge in [-0.3, -0.25) is 10.2 Å². The Labute approximate surface area is 84.5 Å². The molecule has 1 unspecified atom stereocenters. The predicted octanol–water partition coefficient (Wildman–Crippen LogP) is -0.461. The maximum Gasteiger partial charge on any atom is 0.265 e. The number of amides is 1. The van der Waals surface area contributed by atoms with Crippen LogP contribution in [0.5, 0.6) is 0 Å². The van der Waals surface area contributed by atoms with Crippen LogP contribution in [-0.2, 0) is 4.79 Å². The molecule has 0 radical (unpaired) electrons. The highest BCUT2D eigenvalue weighted by atomic mass is 16.3. The number of aliphatic hydroxyl groups is 2. The fourth-order valence-corrected chi connectivity index (χ4v) is 1.07. The zero-order valence-electron chi connectivity index (χ0n) is 8.79. The van der Waals surface area contributed by atoms with Crippen LogP contribution in [0.15, 0.2) is 0 Å². The Kier molecular flexibility index (Phi) is 7.37. The van der Waals surface area contributed by atoms with E-state index in [2.05, 4.69) is 17.8 Å². The molecule has 0 heterocycles. The minimum absolute atomic E-state index is 0.217. The van der Waals surface area contributed by atoms with Crippen molar-refractivity contribution in [2.75, 3.05) is 6.61 Å². The van der Waals surface area contributed by atoms with Crippen molar-refractivity contribution in [1.29, 1.82) is 0 Å². The molecular formula is C9H20N2O3. The average Bonchev–Trinajstić information content (AvgIpc) is 2.22. The van der Waals surface area contributed by atoms with Gasteiger partial charge in [0.15, 0.2) is 6.10 Å². The molecule has 0 aromatic heterocycles. The summed E-state index contributed by atoms with van der Waals surface area (Å²) in [7, 11) is 0. The Morgan fingerprint density at radius 2 is 2.07 bits per heavy atom. The summed E-state index contributed by atoms with van der Waals surface area (Å²) in [6.07, 6.45) is 1.56. The molecule has 0 fully saturated rings. The third-order valence-electron chi connectivity index (χ3n) is 2.01. The van der Waals surface area contributed by atoms with Crippen molar-refractivity contribution in [3.8, 4) is 0 Å². The van der Waals surface area contributed by atoms with Gasteiger partial charge in [-0.2, -0.15) is 0 Å².